The number of benzene rings is 2. The lowest BCUT2D eigenvalue weighted by atomic mass is 10.1. The third-order valence-electron chi connectivity index (χ3n) is 4.14. The molecule has 0 atom stereocenters. The summed E-state index contributed by atoms with van der Waals surface area (Å²) in [6, 6.07) is 14.5. The van der Waals surface area contributed by atoms with Gasteiger partial charge in [-0.2, -0.15) is 0 Å². The van der Waals surface area contributed by atoms with Crippen molar-refractivity contribution in [1.29, 1.82) is 0 Å². The summed E-state index contributed by atoms with van der Waals surface area (Å²) in [7, 11) is 3.62. The van der Waals surface area contributed by atoms with Gasteiger partial charge in [0.25, 0.3) is 0 Å². The van der Waals surface area contributed by atoms with Crippen LogP contribution in [0.1, 0.15) is 11.4 Å². The number of ether oxygens (including phenoxy) is 1. The van der Waals surface area contributed by atoms with Crippen LogP contribution in [0.2, 0.25) is 0 Å². The molecule has 0 spiro atoms. The molecule has 0 fully saturated rings. The monoisotopic (exact) mass is 290 g/mol. The number of aromatic nitrogens is 2. The fraction of sp³-hybridized carbons (Fsp3) is 0.167. The van der Waals surface area contributed by atoms with Crippen LogP contribution in [0.15, 0.2) is 48.7 Å². The van der Waals surface area contributed by atoms with E-state index in [4.69, 9.17) is 9.72 Å². The van der Waals surface area contributed by atoms with E-state index in [1.807, 2.05) is 13.1 Å². The van der Waals surface area contributed by atoms with E-state index in [9.17, 15) is 0 Å². The Morgan fingerprint density at radius 2 is 1.95 bits per heavy atom. The molecule has 4 nitrogen and oxygen atoms in total. The van der Waals surface area contributed by atoms with Crippen molar-refractivity contribution in [3.05, 3.63) is 60.0 Å². The van der Waals surface area contributed by atoms with E-state index < -0.39 is 0 Å². The minimum Gasteiger partial charge on any atom is -0.497 e. The van der Waals surface area contributed by atoms with E-state index >= 15 is 0 Å². The Morgan fingerprint density at radius 3 is 2.68 bits per heavy atom. The van der Waals surface area contributed by atoms with Gasteiger partial charge in [-0.25, -0.2) is 4.98 Å². The standard InChI is InChI=1S/C18H17N3O/c1-19-14-5-3-12(4-6-14)16-11-21-17-8-7-15(22-2)9-13(17)10-18(21)20-16/h3-9,11,19H,10H2,1-2H3/i1-1. The number of nitrogens with one attached hydrogen (secondary N) is 1. The van der Waals surface area contributed by atoms with E-state index in [-0.39, 0.29) is 0 Å². The van der Waals surface area contributed by atoms with E-state index in [2.05, 4.69) is 52.5 Å². The lowest BCUT2D eigenvalue weighted by molar-refractivity contribution is 0.414. The highest BCUT2D eigenvalue weighted by Crippen LogP contribution is 2.32. The second-order valence-corrected chi connectivity index (χ2v) is 5.41. The SMILES string of the molecule is COc1ccc2c(c1)Cc1nc(-c3ccc(N[11CH3])cc3)cn1-2. The quantitative estimate of drug-likeness (QED) is 0.627. The number of hydrogen-bond acceptors (Lipinski definition) is 3. The van der Waals surface area contributed by atoms with Gasteiger partial charge in [0.2, 0.25) is 0 Å². The topological polar surface area (TPSA) is 39.1 Å². The van der Waals surface area contributed by atoms with Crippen molar-refractivity contribution < 1.29 is 4.74 Å². The van der Waals surface area contributed by atoms with Crippen LogP contribution in [-0.2, 0) is 6.42 Å². The molecule has 1 aromatic heterocycles. The van der Waals surface area contributed by atoms with Crippen LogP contribution in [0.3, 0.4) is 0 Å². The van der Waals surface area contributed by atoms with Gasteiger partial charge in [-0.3, -0.25) is 0 Å². The van der Waals surface area contributed by atoms with Crippen molar-refractivity contribution in [3.63, 3.8) is 0 Å². The smallest absolute Gasteiger partial charge is 0.119 e. The second kappa shape index (κ2) is 4.91. The number of anilines is 1. The van der Waals surface area contributed by atoms with Crippen LogP contribution in [-0.4, -0.2) is 23.7 Å². The molecular weight excluding hydrogens is 273 g/mol. The highest BCUT2D eigenvalue weighted by atomic mass is 16.5. The average Bonchev–Trinajstić information content (AvgIpc) is 3.11. The first kappa shape index (κ1) is 13.0. The van der Waals surface area contributed by atoms with Crippen molar-refractivity contribution >= 4 is 5.69 Å². The highest BCUT2D eigenvalue weighted by molar-refractivity contribution is 5.64. The molecule has 2 aromatic carbocycles. The average molecular weight is 290 g/mol. The zero-order valence-electron chi connectivity index (χ0n) is 12.6. The van der Waals surface area contributed by atoms with Gasteiger partial charge >= 0.3 is 0 Å². The molecule has 4 heteroatoms. The summed E-state index contributed by atoms with van der Waals surface area (Å²) < 4.78 is 7.47. The summed E-state index contributed by atoms with van der Waals surface area (Å²) in [5.74, 6) is 1.98. The highest BCUT2D eigenvalue weighted by Gasteiger charge is 2.21. The van der Waals surface area contributed by atoms with E-state index in [0.29, 0.717) is 0 Å². The fourth-order valence-corrected chi connectivity index (χ4v) is 2.93. The summed E-state index contributed by atoms with van der Waals surface area (Å²) in [6.07, 6.45) is 2.96. The number of imidazole rings is 1. The summed E-state index contributed by atoms with van der Waals surface area (Å²) in [5.41, 5.74) is 5.71. The summed E-state index contributed by atoms with van der Waals surface area (Å²) >= 11 is 0. The molecule has 110 valence electrons. The van der Waals surface area contributed by atoms with Crippen LogP contribution in [0.4, 0.5) is 5.69 Å². The number of methoxy groups -OCH3 is 1. The second-order valence-electron chi connectivity index (χ2n) is 5.41. The third kappa shape index (κ3) is 1.96. The lowest BCUT2D eigenvalue weighted by Crippen LogP contribution is -1.90. The van der Waals surface area contributed by atoms with E-state index in [0.717, 1.165) is 34.9 Å². The molecule has 0 saturated carbocycles. The Morgan fingerprint density at radius 1 is 1.14 bits per heavy atom. The van der Waals surface area contributed by atoms with Gasteiger partial charge in [0, 0.05) is 30.9 Å². The molecule has 3 aromatic rings. The Kier molecular flexibility index (Phi) is 2.89. The predicted octanol–water partition coefficient (Wildman–Crippen LogP) is 3.49. The molecule has 0 bridgehead atoms. The largest absolute Gasteiger partial charge is 0.497 e. The number of fused-ring (bicyclic) bond motifs is 3. The summed E-state index contributed by atoms with van der Waals surface area (Å²) in [4.78, 5) is 4.79. The van der Waals surface area contributed by atoms with Gasteiger partial charge in [-0.05, 0) is 35.9 Å². The van der Waals surface area contributed by atoms with Gasteiger partial charge in [0.1, 0.15) is 11.6 Å². The number of nitrogens with zero attached hydrogens (tertiary/aromatic N) is 2. The number of rotatable bonds is 3. The Balaban J connectivity index is 1.72. The van der Waals surface area contributed by atoms with Gasteiger partial charge < -0.3 is 14.6 Å². The first-order valence-corrected chi connectivity index (χ1v) is 7.32. The van der Waals surface area contributed by atoms with Crippen molar-refractivity contribution in [2.75, 3.05) is 19.5 Å². The van der Waals surface area contributed by atoms with Crippen LogP contribution >= 0.6 is 0 Å². The molecule has 1 aliphatic rings. The lowest BCUT2D eigenvalue weighted by Gasteiger charge is -2.05. The Hall–Kier alpha value is -2.75. The number of hydrogen-bond donors (Lipinski definition) is 1. The van der Waals surface area contributed by atoms with E-state index in [1.165, 1.54) is 11.3 Å². The molecule has 0 saturated heterocycles. The molecule has 0 unspecified atom stereocenters. The molecule has 0 radical (unpaired) electrons. The third-order valence-corrected chi connectivity index (χ3v) is 4.14. The predicted molar refractivity (Wildman–Crippen MR) is 87.9 cm³/mol. The van der Waals surface area contributed by atoms with Crippen molar-refractivity contribution in [3.8, 4) is 22.7 Å². The van der Waals surface area contributed by atoms with Gasteiger partial charge in [-0.1, -0.05) is 12.1 Å². The van der Waals surface area contributed by atoms with Gasteiger partial charge in [-0.15, -0.1) is 0 Å². The normalized spacial score (nSPS) is 11.9. The Labute approximate surface area is 129 Å². The minimum absolute atomic E-state index is 0.848. The molecule has 22 heavy (non-hydrogen) atoms. The molecule has 1 N–H and O–H groups in total. The van der Waals surface area contributed by atoms with Crippen molar-refractivity contribution in [2.45, 2.75) is 6.42 Å². The van der Waals surface area contributed by atoms with Crippen LogP contribution in [0.5, 0.6) is 5.75 Å². The minimum atomic E-state index is 0.848. The molecule has 0 aliphatic carbocycles. The zero-order valence-corrected chi connectivity index (χ0v) is 12.6. The first-order chi connectivity index (χ1) is 10.8. The molecule has 4 rings (SSSR count). The first-order valence-electron chi connectivity index (χ1n) is 7.32. The Bertz CT molecular complexity index is 834. The summed E-state index contributed by atoms with van der Waals surface area (Å²) in [5, 5.41) is 3.13. The molecule has 0 amide bonds. The van der Waals surface area contributed by atoms with Crippen LogP contribution < -0.4 is 10.1 Å². The van der Waals surface area contributed by atoms with Crippen molar-refractivity contribution in [2.24, 2.45) is 0 Å². The maximum Gasteiger partial charge on any atom is 0.119 e. The van der Waals surface area contributed by atoms with E-state index in [1.54, 1.807) is 7.11 Å². The zero-order chi connectivity index (χ0) is 15.1. The maximum absolute atomic E-state index is 5.29. The molecule has 1 aliphatic heterocycles. The summed E-state index contributed by atoms with van der Waals surface area (Å²) in [6.45, 7) is 0. The van der Waals surface area contributed by atoms with Gasteiger partial charge in [0.05, 0.1) is 18.5 Å². The van der Waals surface area contributed by atoms with Crippen molar-refractivity contribution in [1.82, 2.24) is 9.55 Å². The molecule has 2 heterocycles. The maximum atomic E-state index is 5.29. The van der Waals surface area contributed by atoms with Gasteiger partial charge in [0.15, 0.2) is 0 Å². The van der Waals surface area contributed by atoms with Crippen LogP contribution in [0, 0.1) is 0 Å². The molecular formula is C18H17N3O. The van der Waals surface area contributed by atoms with Crippen LogP contribution in [0.25, 0.3) is 16.9 Å². The fourth-order valence-electron chi connectivity index (χ4n) is 2.93.